The van der Waals surface area contributed by atoms with Crippen LogP contribution in [-0.4, -0.2) is 12.1 Å². The molecule has 66 valence electrons. The molecule has 0 bridgehead atoms. The van der Waals surface area contributed by atoms with Crippen molar-refractivity contribution in [3.8, 4) is 0 Å². The molecule has 0 unspecified atom stereocenters. The zero-order chi connectivity index (χ0) is 8.77. The summed E-state index contributed by atoms with van der Waals surface area (Å²) in [4.78, 5) is 11.1. The zero-order valence-electron chi connectivity index (χ0n) is 7.54. The molecular weight excluding hydrogens is 152 g/mol. The normalized spacial score (nSPS) is 45.7. The quantitative estimate of drug-likeness (QED) is 0.406. The minimum absolute atomic E-state index is 0.0405. The summed E-state index contributed by atoms with van der Waals surface area (Å²) in [6.07, 6.45) is 5.89. The maximum atomic E-state index is 11.1. The lowest BCUT2D eigenvalue weighted by atomic mass is 9.72. The molecule has 1 saturated heterocycles. The molecule has 2 rings (SSSR count). The van der Waals surface area contributed by atoms with E-state index >= 15 is 0 Å². The highest BCUT2D eigenvalue weighted by atomic mass is 16.6. The molecule has 12 heavy (non-hydrogen) atoms. The van der Waals surface area contributed by atoms with Gasteiger partial charge in [-0.15, -0.1) is 0 Å². The smallest absolute Gasteiger partial charge is 0.307 e. The molecule has 0 N–H and O–H groups in total. The van der Waals surface area contributed by atoms with E-state index in [1.165, 1.54) is 0 Å². The maximum Gasteiger partial charge on any atom is 0.307 e. The van der Waals surface area contributed by atoms with Crippen molar-refractivity contribution in [1.82, 2.24) is 0 Å². The predicted molar refractivity (Wildman–Crippen MR) is 45.5 cm³/mol. The fourth-order valence-electron chi connectivity index (χ4n) is 2.31. The van der Waals surface area contributed by atoms with E-state index in [1.807, 2.05) is 6.08 Å². The third kappa shape index (κ3) is 1.06. The van der Waals surface area contributed by atoms with Crippen LogP contribution in [0.3, 0.4) is 0 Å². The van der Waals surface area contributed by atoms with Crippen LogP contribution in [0.1, 0.15) is 26.7 Å². The van der Waals surface area contributed by atoms with E-state index < -0.39 is 0 Å². The second-order valence-electron chi connectivity index (χ2n) is 4.31. The van der Waals surface area contributed by atoms with Gasteiger partial charge in [0.25, 0.3) is 0 Å². The Labute approximate surface area is 72.6 Å². The first kappa shape index (κ1) is 7.84. The van der Waals surface area contributed by atoms with E-state index in [-0.39, 0.29) is 17.5 Å². The van der Waals surface area contributed by atoms with Gasteiger partial charge in [0.15, 0.2) is 0 Å². The van der Waals surface area contributed by atoms with Crippen LogP contribution < -0.4 is 0 Å². The van der Waals surface area contributed by atoms with E-state index in [4.69, 9.17) is 4.74 Å². The van der Waals surface area contributed by atoms with Crippen LogP contribution in [0.2, 0.25) is 0 Å². The van der Waals surface area contributed by atoms with E-state index in [1.54, 1.807) is 0 Å². The summed E-state index contributed by atoms with van der Waals surface area (Å²) in [7, 11) is 0. The fourth-order valence-corrected chi connectivity index (χ4v) is 2.31. The third-order valence-corrected chi connectivity index (χ3v) is 2.90. The molecule has 1 aliphatic heterocycles. The summed E-state index contributed by atoms with van der Waals surface area (Å²) in [5.41, 5.74) is 0.0747. The molecule has 1 fully saturated rings. The van der Waals surface area contributed by atoms with Crippen molar-refractivity contribution >= 4 is 5.97 Å². The Kier molecular flexibility index (Phi) is 1.53. The Morgan fingerprint density at radius 2 is 2.33 bits per heavy atom. The van der Waals surface area contributed by atoms with Gasteiger partial charge in [-0.05, 0) is 18.4 Å². The molecular formula is C10H14O2. The van der Waals surface area contributed by atoms with Gasteiger partial charge in [0.2, 0.25) is 0 Å². The fraction of sp³-hybridized carbons (Fsp3) is 0.700. The molecule has 0 aromatic rings. The van der Waals surface area contributed by atoms with Crippen LogP contribution >= 0.6 is 0 Å². The van der Waals surface area contributed by atoms with Crippen molar-refractivity contribution in [1.29, 1.82) is 0 Å². The van der Waals surface area contributed by atoms with Crippen molar-refractivity contribution in [2.75, 3.05) is 0 Å². The number of carbonyl (C=O) groups is 1. The monoisotopic (exact) mass is 166 g/mol. The van der Waals surface area contributed by atoms with E-state index in [2.05, 4.69) is 19.9 Å². The van der Waals surface area contributed by atoms with Crippen molar-refractivity contribution in [3.63, 3.8) is 0 Å². The molecule has 3 atom stereocenters. The molecule has 0 saturated carbocycles. The number of esters is 1. The van der Waals surface area contributed by atoms with Gasteiger partial charge in [-0.2, -0.15) is 0 Å². The highest BCUT2D eigenvalue weighted by molar-refractivity contribution is 5.73. The summed E-state index contributed by atoms with van der Waals surface area (Å²) in [6, 6.07) is 0. The van der Waals surface area contributed by atoms with Crippen LogP contribution in [-0.2, 0) is 9.53 Å². The van der Waals surface area contributed by atoms with Gasteiger partial charge in [-0.3, -0.25) is 4.79 Å². The molecule has 2 aliphatic rings. The van der Waals surface area contributed by atoms with Gasteiger partial charge in [0.05, 0.1) is 6.42 Å². The second-order valence-corrected chi connectivity index (χ2v) is 4.31. The summed E-state index contributed by atoms with van der Waals surface area (Å²) >= 11 is 0. The number of hydrogen-bond donors (Lipinski definition) is 0. The lowest BCUT2D eigenvalue weighted by Crippen LogP contribution is -2.30. The molecule has 0 aromatic heterocycles. The lowest BCUT2D eigenvalue weighted by Gasteiger charge is -2.32. The first-order valence-corrected chi connectivity index (χ1v) is 4.48. The maximum absolute atomic E-state index is 11.1. The van der Waals surface area contributed by atoms with E-state index in [0.717, 1.165) is 6.42 Å². The SMILES string of the molecule is C[C@@H]1C=C[C@@H]2OC(=O)C[C@]2(C)C1. The van der Waals surface area contributed by atoms with Crippen molar-refractivity contribution < 1.29 is 9.53 Å². The lowest BCUT2D eigenvalue weighted by molar-refractivity contribution is -0.140. The Bertz CT molecular complexity index is 244. The second kappa shape index (κ2) is 2.35. The molecule has 0 aromatic carbocycles. The number of hydrogen-bond acceptors (Lipinski definition) is 2. The molecule has 1 aliphatic carbocycles. The molecule has 2 nitrogen and oxygen atoms in total. The Morgan fingerprint density at radius 3 is 3.08 bits per heavy atom. The highest BCUT2D eigenvalue weighted by Gasteiger charge is 2.46. The minimum Gasteiger partial charge on any atom is -0.457 e. The largest absolute Gasteiger partial charge is 0.457 e. The highest BCUT2D eigenvalue weighted by Crippen LogP contribution is 2.44. The Morgan fingerprint density at radius 1 is 1.58 bits per heavy atom. The first-order chi connectivity index (χ1) is 5.60. The number of fused-ring (bicyclic) bond motifs is 1. The molecule has 2 heteroatoms. The van der Waals surface area contributed by atoms with E-state index in [0.29, 0.717) is 12.3 Å². The van der Waals surface area contributed by atoms with Crippen molar-refractivity contribution in [2.24, 2.45) is 11.3 Å². The van der Waals surface area contributed by atoms with Gasteiger partial charge >= 0.3 is 5.97 Å². The van der Waals surface area contributed by atoms with Crippen LogP contribution in [0.15, 0.2) is 12.2 Å². The number of carbonyl (C=O) groups excluding carboxylic acids is 1. The summed E-state index contributed by atoms with van der Waals surface area (Å²) in [5.74, 6) is 0.544. The molecule has 0 spiro atoms. The Balaban J connectivity index is 2.26. The molecule has 1 heterocycles. The Hall–Kier alpha value is -0.790. The minimum atomic E-state index is -0.0405. The van der Waals surface area contributed by atoms with Crippen molar-refractivity contribution in [3.05, 3.63) is 12.2 Å². The average Bonchev–Trinajstić information content (AvgIpc) is 2.22. The van der Waals surface area contributed by atoms with Gasteiger partial charge < -0.3 is 4.74 Å². The van der Waals surface area contributed by atoms with E-state index in [9.17, 15) is 4.79 Å². The summed E-state index contributed by atoms with van der Waals surface area (Å²) in [6.45, 7) is 4.32. The van der Waals surface area contributed by atoms with Crippen molar-refractivity contribution in [2.45, 2.75) is 32.8 Å². The molecule has 0 amide bonds. The van der Waals surface area contributed by atoms with Gasteiger partial charge in [-0.1, -0.05) is 19.9 Å². The van der Waals surface area contributed by atoms with Crippen LogP contribution in [0.5, 0.6) is 0 Å². The predicted octanol–water partition coefficient (Wildman–Crippen LogP) is 1.90. The van der Waals surface area contributed by atoms with Crippen LogP contribution in [0, 0.1) is 11.3 Å². The number of allylic oxidation sites excluding steroid dienone is 1. The molecule has 0 radical (unpaired) electrons. The van der Waals surface area contributed by atoms with Crippen LogP contribution in [0.4, 0.5) is 0 Å². The number of rotatable bonds is 0. The zero-order valence-corrected chi connectivity index (χ0v) is 7.54. The summed E-state index contributed by atoms with van der Waals surface area (Å²) in [5, 5.41) is 0. The number of ether oxygens (including phenoxy) is 1. The van der Waals surface area contributed by atoms with Gasteiger partial charge in [0.1, 0.15) is 6.10 Å². The summed E-state index contributed by atoms with van der Waals surface area (Å²) < 4.78 is 5.19. The van der Waals surface area contributed by atoms with Gasteiger partial charge in [-0.25, -0.2) is 0 Å². The van der Waals surface area contributed by atoms with Crippen LogP contribution in [0.25, 0.3) is 0 Å². The average molecular weight is 166 g/mol. The topological polar surface area (TPSA) is 26.3 Å². The van der Waals surface area contributed by atoms with Gasteiger partial charge in [0, 0.05) is 5.41 Å². The standard InChI is InChI=1S/C10H14O2/c1-7-3-4-8-10(2,5-7)6-9(11)12-8/h3-4,7-8H,5-6H2,1-2H3/t7-,8+,10+/m1/s1. The third-order valence-electron chi connectivity index (χ3n) is 2.90. The first-order valence-electron chi connectivity index (χ1n) is 4.48.